The summed E-state index contributed by atoms with van der Waals surface area (Å²) in [6, 6.07) is 0. The van der Waals surface area contributed by atoms with Gasteiger partial charge in [0.05, 0.1) is 0 Å². The third kappa shape index (κ3) is 3.47. The van der Waals surface area contributed by atoms with Crippen molar-refractivity contribution >= 4 is 12.6 Å². The van der Waals surface area contributed by atoms with Gasteiger partial charge in [0.1, 0.15) is 0 Å². The lowest BCUT2D eigenvalue weighted by molar-refractivity contribution is 0.101. The van der Waals surface area contributed by atoms with Gasteiger partial charge in [0.25, 0.3) is 0 Å². The standard InChI is InChI=1S/C12H25NS/c1-3-5-12(6-4-11-14)7-9-13(2)10-8-12/h14H,3-11H2,1-2H3. The maximum atomic E-state index is 4.33. The fourth-order valence-corrected chi connectivity index (χ4v) is 2.86. The Bertz CT molecular complexity index is 145. The predicted molar refractivity (Wildman–Crippen MR) is 67.2 cm³/mol. The second kappa shape index (κ2) is 6.02. The molecule has 84 valence electrons. The zero-order chi connectivity index (χ0) is 10.4. The Morgan fingerprint density at radius 3 is 2.36 bits per heavy atom. The van der Waals surface area contributed by atoms with Gasteiger partial charge in [-0.1, -0.05) is 13.3 Å². The average molecular weight is 215 g/mol. The SMILES string of the molecule is CCCC1(CCCS)CCN(C)CC1. The molecule has 1 nitrogen and oxygen atoms in total. The third-order valence-electron chi connectivity index (χ3n) is 3.69. The molecule has 0 aromatic rings. The van der Waals surface area contributed by atoms with Gasteiger partial charge in [0.15, 0.2) is 0 Å². The van der Waals surface area contributed by atoms with Gasteiger partial charge < -0.3 is 4.90 Å². The van der Waals surface area contributed by atoms with Crippen molar-refractivity contribution in [1.29, 1.82) is 0 Å². The van der Waals surface area contributed by atoms with Crippen LogP contribution in [0.4, 0.5) is 0 Å². The van der Waals surface area contributed by atoms with E-state index in [4.69, 9.17) is 0 Å². The molecule has 1 heterocycles. The molecule has 0 aliphatic carbocycles. The van der Waals surface area contributed by atoms with Crippen molar-refractivity contribution in [3.8, 4) is 0 Å². The van der Waals surface area contributed by atoms with E-state index < -0.39 is 0 Å². The van der Waals surface area contributed by atoms with Crippen LogP contribution in [0.25, 0.3) is 0 Å². The number of hydrogen-bond acceptors (Lipinski definition) is 2. The maximum absolute atomic E-state index is 4.33. The molecule has 1 rings (SSSR count). The molecule has 1 fully saturated rings. The summed E-state index contributed by atoms with van der Waals surface area (Å²) in [6.07, 6.45) is 8.28. The van der Waals surface area contributed by atoms with Gasteiger partial charge in [0, 0.05) is 0 Å². The summed E-state index contributed by atoms with van der Waals surface area (Å²) < 4.78 is 0. The highest BCUT2D eigenvalue weighted by Crippen LogP contribution is 2.40. The van der Waals surface area contributed by atoms with Crippen LogP contribution in [0, 0.1) is 5.41 Å². The molecule has 0 atom stereocenters. The fourth-order valence-electron chi connectivity index (χ4n) is 2.70. The molecule has 0 saturated carbocycles. The van der Waals surface area contributed by atoms with E-state index in [1.807, 2.05) is 0 Å². The minimum Gasteiger partial charge on any atom is -0.306 e. The van der Waals surface area contributed by atoms with E-state index in [-0.39, 0.29) is 0 Å². The number of likely N-dealkylation sites (tertiary alicyclic amines) is 1. The number of piperidine rings is 1. The second-order valence-corrected chi connectivity index (χ2v) is 5.33. The lowest BCUT2D eigenvalue weighted by Crippen LogP contribution is -2.38. The molecule has 0 N–H and O–H groups in total. The third-order valence-corrected chi connectivity index (χ3v) is 4.01. The molecule has 14 heavy (non-hydrogen) atoms. The lowest BCUT2D eigenvalue weighted by Gasteiger charge is -2.41. The Hall–Kier alpha value is 0.310. The van der Waals surface area contributed by atoms with Gasteiger partial charge in [-0.2, -0.15) is 12.6 Å². The van der Waals surface area contributed by atoms with E-state index in [1.54, 1.807) is 0 Å². The summed E-state index contributed by atoms with van der Waals surface area (Å²) in [4.78, 5) is 2.47. The van der Waals surface area contributed by atoms with Gasteiger partial charge in [0.2, 0.25) is 0 Å². The van der Waals surface area contributed by atoms with Crippen molar-refractivity contribution in [2.24, 2.45) is 5.41 Å². The Balaban J connectivity index is 2.44. The van der Waals surface area contributed by atoms with Crippen molar-refractivity contribution in [2.75, 3.05) is 25.9 Å². The van der Waals surface area contributed by atoms with E-state index in [1.165, 1.54) is 51.6 Å². The molecule has 0 spiro atoms. The zero-order valence-corrected chi connectivity index (χ0v) is 10.7. The van der Waals surface area contributed by atoms with Crippen LogP contribution in [0.3, 0.4) is 0 Å². The summed E-state index contributed by atoms with van der Waals surface area (Å²) in [5, 5.41) is 0. The van der Waals surface area contributed by atoms with Crippen LogP contribution in [0.1, 0.15) is 45.4 Å². The monoisotopic (exact) mass is 215 g/mol. The molecule has 1 saturated heterocycles. The average Bonchev–Trinajstić information content (AvgIpc) is 2.20. The second-order valence-electron chi connectivity index (χ2n) is 4.88. The first-order valence-corrected chi connectivity index (χ1v) is 6.65. The summed E-state index contributed by atoms with van der Waals surface area (Å²) in [7, 11) is 2.24. The zero-order valence-electron chi connectivity index (χ0n) is 9.76. The molecular formula is C12H25NS. The molecule has 1 aliphatic heterocycles. The molecule has 0 unspecified atom stereocenters. The van der Waals surface area contributed by atoms with Crippen LogP contribution in [0.5, 0.6) is 0 Å². The smallest absolute Gasteiger partial charge is 0.00165 e. The highest BCUT2D eigenvalue weighted by Gasteiger charge is 2.31. The maximum Gasteiger partial charge on any atom is -0.00165 e. The minimum atomic E-state index is 0.671. The van der Waals surface area contributed by atoms with E-state index in [2.05, 4.69) is 31.5 Å². The molecular weight excluding hydrogens is 190 g/mol. The first-order chi connectivity index (χ1) is 6.72. The quantitative estimate of drug-likeness (QED) is 0.689. The number of hydrogen-bond donors (Lipinski definition) is 1. The van der Waals surface area contributed by atoms with Crippen molar-refractivity contribution in [3.05, 3.63) is 0 Å². The molecule has 0 aromatic heterocycles. The van der Waals surface area contributed by atoms with E-state index in [0.29, 0.717) is 5.41 Å². The molecule has 0 amide bonds. The normalized spacial score (nSPS) is 22.5. The number of rotatable bonds is 5. The summed E-state index contributed by atoms with van der Waals surface area (Å²) >= 11 is 4.33. The van der Waals surface area contributed by atoms with Crippen LogP contribution < -0.4 is 0 Å². The topological polar surface area (TPSA) is 3.24 Å². The van der Waals surface area contributed by atoms with Crippen LogP contribution in [-0.4, -0.2) is 30.8 Å². The lowest BCUT2D eigenvalue weighted by atomic mass is 9.72. The largest absolute Gasteiger partial charge is 0.306 e. The summed E-state index contributed by atoms with van der Waals surface area (Å²) in [5.74, 6) is 1.06. The molecule has 0 radical (unpaired) electrons. The van der Waals surface area contributed by atoms with Gasteiger partial charge >= 0.3 is 0 Å². The Labute approximate surface area is 94.7 Å². The highest BCUT2D eigenvalue weighted by molar-refractivity contribution is 7.80. The summed E-state index contributed by atoms with van der Waals surface area (Å²) in [5.41, 5.74) is 0.671. The highest BCUT2D eigenvalue weighted by atomic mass is 32.1. The van der Waals surface area contributed by atoms with E-state index in [9.17, 15) is 0 Å². The van der Waals surface area contributed by atoms with E-state index in [0.717, 1.165) is 5.75 Å². The number of nitrogens with zero attached hydrogens (tertiary/aromatic N) is 1. The van der Waals surface area contributed by atoms with Gasteiger partial charge in [-0.25, -0.2) is 0 Å². The van der Waals surface area contributed by atoms with Crippen LogP contribution in [-0.2, 0) is 0 Å². The molecule has 0 aromatic carbocycles. The van der Waals surface area contributed by atoms with Crippen molar-refractivity contribution in [1.82, 2.24) is 4.90 Å². The predicted octanol–water partition coefficient (Wildman–Crippen LogP) is 3.21. The van der Waals surface area contributed by atoms with Crippen LogP contribution >= 0.6 is 12.6 Å². The first-order valence-electron chi connectivity index (χ1n) is 6.02. The molecule has 2 heteroatoms. The van der Waals surface area contributed by atoms with Crippen molar-refractivity contribution < 1.29 is 0 Å². The van der Waals surface area contributed by atoms with Crippen molar-refractivity contribution in [2.45, 2.75) is 45.4 Å². The fraction of sp³-hybridized carbons (Fsp3) is 1.00. The van der Waals surface area contributed by atoms with Crippen LogP contribution in [0.2, 0.25) is 0 Å². The number of thiol groups is 1. The molecule has 0 bridgehead atoms. The Morgan fingerprint density at radius 1 is 1.21 bits per heavy atom. The van der Waals surface area contributed by atoms with Crippen LogP contribution in [0.15, 0.2) is 0 Å². The summed E-state index contributed by atoms with van der Waals surface area (Å²) in [6.45, 7) is 4.92. The van der Waals surface area contributed by atoms with Gasteiger partial charge in [-0.3, -0.25) is 0 Å². The Morgan fingerprint density at radius 2 is 1.86 bits per heavy atom. The van der Waals surface area contributed by atoms with E-state index >= 15 is 0 Å². The van der Waals surface area contributed by atoms with Gasteiger partial charge in [-0.05, 0) is 63.4 Å². The van der Waals surface area contributed by atoms with Crippen molar-refractivity contribution in [3.63, 3.8) is 0 Å². The minimum absolute atomic E-state index is 0.671. The molecule has 1 aliphatic rings. The van der Waals surface area contributed by atoms with Gasteiger partial charge in [-0.15, -0.1) is 0 Å². The Kier molecular flexibility index (Phi) is 5.32. The first kappa shape index (κ1) is 12.4.